The predicted octanol–water partition coefficient (Wildman–Crippen LogP) is 0.657. The molecule has 5 nitrogen and oxygen atoms in total. The second-order valence-electron chi connectivity index (χ2n) is 3.42. The molecule has 2 aromatic rings. The predicted molar refractivity (Wildman–Crippen MR) is 58.2 cm³/mol. The van der Waals surface area contributed by atoms with Crippen molar-refractivity contribution >= 4 is 0 Å². The van der Waals surface area contributed by atoms with Gasteiger partial charge < -0.3 is 5.73 Å². The number of hydrogen-bond donors (Lipinski definition) is 1. The van der Waals surface area contributed by atoms with Crippen LogP contribution in [0.15, 0.2) is 30.5 Å². The molecule has 2 N–H and O–H groups in total. The van der Waals surface area contributed by atoms with Gasteiger partial charge in [0.2, 0.25) is 0 Å². The van der Waals surface area contributed by atoms with Gasteiger partial charge in [-0.3, -0.25) is 0 Å². The van der Waals surface area contributed by atoms with E-state index in [2.05, 4.69) is 16.4 Å². The highest BCUT2D eigenvalue weighted by atomic mass is 15.4. The van der Waals surface area contributed by atoms with E-state index >= 15 is 0 Å². The topological polar surface area (TPSA) is 80.5 Å². The molecule has 16 heavy (non-hydrogen) atoms. The standard InChI is InChI=1S/C11H11N5/c12-5-9-1-3-10(4-2-9)7-16-8-11(6-13)14-15-16/h1-4,8H,6-7,13H2. The number of rotatable bonds is 3. The molecule has 0 bridgehead atoms. The zero-order valence-electron chi connectivity index (χ0n) is 8.67. The molecule has 1 aromatic carbocycles. The fourth-order valence-corrected chi connectivity index (χ4v) is 1.38. The minimum absolute atomic E-state index is 0.396. The summed E-state index contributed by atoms with van der Waals surface area (Å²) in [4.78, 5) is 0. The highest BCUT2D eigenvalue weighted by molar-refractivity contribution is 5.31. The summed E-state index contributed by atoms with van der Waals surface area (Å²) in [5, 5.41) is 16.5. The summed E-state index contributed by atoms with van der Waals surface area (Å²) < 4.78 is 1.73. The Balaban J connectivity index is 2.11. The van der Waals surface area contributed by atoms with Crippen LogP contribution in [0, 0.1) is 11.3 Å². The number of nitrogens with zero attached hydrogens (tertiary/aromatic N) is 4. The summed E-state index contributed by atoms with van der Waals surface area (Å²) in [5.41, 5.74) is 7.95. The zero-order chi connectivity index (χ0) is 11.4. The lowest BCUT2D eigenvalue weighted by Gasteiger charge is -2.00. The molecule has 5 heteroatoms. The van der Waals surface area contributed by atoms with E-state index in [1.54, 1.807) is 16.8 Å². The van der Waals surface area contributed by atoms with Crippen molar-refractivity contribution in [1.82, 2.24) is 15.0 Å². The van der Waals surface area contributed by atoms with E-state index in [9.17, 15) is 0 Å². The molecule has 80 valence electrons. The Labute approximate surface area is 93.1 Å². The largest absolute Gasteiger partial charge is 0.325 e. The van der Waals surface area contributed by atoms with Crippen LogP contribution in [-0.2, 0) is 13.1 Å². The molecule has 0 saturated carbocycles. The van der Waals surface area contributed by atoms with Crippen LogP contribution in [-0.4, -0.2) is 15.0 Å². The molecule has 0 saturated heterocycles. The minimum atomic E-state index is 0.396. The third kappa shape index (κ3) is 2.24. The number of aromatic nitrogens is 3. The third-order valence-corrected chi connectivity index (χ3v) is 2.22. The second-order valence-corrected chi connectivity index (χ2v) is 3.42. The maximum absolute atomic E-state index is 8.66. The van der Waals surface area contributed by atoms with Gasteiger partial charge in [-0.2, -0.15) is 5.26 Å². The second kappa shape index (κ2) is 4.55. The highest BCUT2D eigenvalue weighted by Crippen LogP contribution is 2.05. The SMILES string of the molecule is N#Cc1ccc(Cn2cc(CN)nn2)cc1. The Bertz CT molecular complexity index is 506. The molecule has 2 rings (SSSR count). The van der Waals surface area contributed by atoms with Crippen LogP contribution in [0.3, 0.4) is 0 Å². The van der Waals surface area contributed by atoms with Crippen LogP contribution in [0.4, 0.5) is 0 Å². The van der Waals surface area contributed by atoms with Crippen molar-refractivity contribution in [3.05, 3.63) is 47.3 Å². The van der Waals surface area contributed by atoms with Gasteiger partial charge in [-0.15, -0.1) is 5.10 Å². The average molecular weight is 213 g/mol. The molecule has 1 heterocycles. The van der Waals surface area contributed by atoms with Crippen molar-refractivity contribution < 1.29 is 0 Å². The number of benzene rings is 1. The van der Waals surface area contributed by atoms with Gasteiger partial charge in [-0.1, -0.05) is 17.3 Å². The van der Waals surface area contributed by atoms with Crippen LogP contribution >= 0.6 is 0 Å². The molecular weight excluding hydrogens is 202 g/mol. The zero-order valence-corrected chi connectivity index (χ0v) is 8.67. The maximum Gasteiger partial charge on any atom is 0.0991 e. The molecule has 0 aliphatic carbocycles. The molecule has 0 aliphatic heterocycles. The van der Waals surface area contributed by atoms with Gasteiger partial charge in [0.05, 0.1) is 30.1 Å². The lowest BCUT2D eigenvalue weighted by molar-refractivity contribution is 0.649. The highest BCUT2D eigenvalue weighted by Gasteiger charge is 1.99. The van der Waals surface area contributed by atoms with Crippen molar-refractivity contribution in [1.29, 1.82) is 5.26 Å². The fraction of sp³-hybridized carbons (Fsp3) is 0.182. The fourth-order valence-electron chi connectivity index (χ4n) is 1.38. The van der Waals surface area contributed by atoms with Crippen molar-refractivity contribution in [3.8, 4) is 6.07 Å². The van der Waals surface area contributed by atoms with Gasteiger partial charge in [0.25, 0.3) is 0 Å². The Morgan fingerprint density at radius 2 is 2.06 bits per heavy atom. The van der Waals surface area contributed by atoms with E-state index < -0.39 is 0 Å². The molecule has 0 radical (unpaired) electrons. The quantitative estimate of drug-likeness (QED) is 0.812. The lowest BCUT2D eigenvalue weighted by atomic mass is 10.1. The van der Waals surface area contributed by atoms with Crippen molar-refractivity contribution in [3.63, 3.8) is 0 Å². The van der Waals surface area contributed by atoms with Crippen molar-refractivity contribution in [2.45, 2.75) is 13.1 Å². The lowest BCUT2D eigenvalue weighted by Crippen LogP contribution is -2.00. The van der Waals surface area contributed by atoms with Gasteiger partial charge >= 0.3 is 0 Å². The van der Waals surface area contributed by atoms with E-state index in [1.165, 1.54) is 0 Å². The van der Waals surface area contributed by atoms with Gasteiger partial charge in [0.15, 0.2) is 0 Å². The summed E-state index contributed by atoms with van der Waals surface area (Å²) >= 11 is 0. The first kappa shape index (κ1) is 10.3. The minimum Gasteiger partial charge on any atom is -0.325 e. The summed E-state index contributed by atoms with van der Waals surface area (Å²) in [5.74, 6) is 0. The van der Waals surface area contributed by atoms with E-state index in [1.807, 2.05) is 18.3 Å². The molecule has 0 spiro atoms. The average Bonchev–Trinajstić information content (AvgIpc) is 2.78. The van der Waals surface area contributed by atoms with Crippen LogP contribution in [0.25, 0.3) is 0 Å². The Morgan fingerprint density at radius 3 is 2.62 bits per heavy atom. The van der Waals surface area contributed by atoms with Crippen LogP contribution in [0.1, 0.15) is 16.8 Å². The van der Waals surface area contributed by atoms with Crippen LogP contribution < -0.4 is 5.73 Å². The Morgan fingerprint density at radius 1 is 1.31 bits per heavy atom. The van der Waals surface area contributed by atoms with Gasteiger partial charge in [0, 0.05) is 6.54 Å². The molecule has 0 amide bonds. The van der Waals surface area contributed by atoms with Gasteiger partial charge in [0.1, 0.15) is 0 Å². The first-order chi connectivity index (χ1) is 7.81. The summed E-state index contributed by atoms with van der Waals surface area (Å²) in [6.07, 6.45) is 1.82. The van der Waals surface area contributed by atoms with E-state index in [0.29, 0.717) is 18.7 Å². The third-order valence-electron chi connectivity index (χ3n) is 2.22. The summed E-state index contributed by atoms with van der Waals surface area (Å²) in [7, 11) is 0. The number of nitriles is 1. The molecule has 1 aromatic heterocycles. The first-order valence-electron chi connectivity index (χ1n) is 4.90. The van der Waals surface area contributed by atoms with Gasteiger partial charge in [-0.05, 0) is 17.7 Å². The number of hydrogen-bond acceptors (Lipinski definition) is 4. The van der Waals surface area contributed by atoms with Crippen molar-refractivity contribution in [2.75, 3.05) is 0 Å². The Hall–Kier alpha value is -2.19. The monoisotopic (exact) mass is 213 g/mol. The van der Waals surface area contributed by atoms with E-state index in [4.69, 9.17) is 11.0 Å². The van der Waals surface area contributed by atoms with E-state index in [0.717, 1.165) is 11.3 Å². The summed E-state index contributed by atoms with van der Waals surface area (Å²) in [6.45, 7) is 1.03. The maximum atomic E-state index is 8.66. The molecular formula is C11H11N5. The Kier molecular flexibility index (Phi) is 2.94. The normalized spacial score (nSPS) is 10.0. The smallest absolute Gasteiger partial charge is 0.0991 e. The summed E-state index contributed by atoms with van der Waals surface area (Å²) in [6, 6.07) is 9.47. The van der Waals surface area contributed by atoms with Crippen molar-refractivity contribution in [2.24, 2.45) is 5.73 Å². The van der Waals surface area contributed by atoms with Gasteiger partial charge in [-0.25, -0.2) is 4.68 Å². The first-order valence-corrected chi connectivity index (χ1v) is 4.90. The molecule has 0 aliphatic rings. The van der Waals surface area contributed by atoms with Crippen LogP contribution in [0.5, 0.6) is 0 Å². The van der Waals surface area contributed by atoms with Crippen LogP contribution in [0.2, 0.25) is 0 Å². The van der Waals surface area contributed by atoms with E-state index in [-0.39, 0.29) is 0 Å². The number of nitrogens with two attached hydrogens (primary N) is 1. The molecule has 0 unspecified atom stereocenters. The molecule has 0 atom stereocenters. The molecule has 0 fully saturated rings.